The highest BCUT2D eigenvalue weighted by atomic mass is 15.0. The fourth-order valence-electron chi connectivity index (χ4n) is 1.49. The Morgan fingerprint density at radius 3 is 3.00 bits per heavy atom. The Hall–Kier alpha value is -0.790. The molecule has 2 rings (SSSR count). The molecule has 60 valence electrons. The van der Waals surface area contributed by atoms with Crippen LogP contribution in [-0.4, -0.2) is 9.55 Å². The van der Waals surface area contributed by atoms with Crippen LogP contribution in [0.15, 0.2) is 18.7 Å². The van der Waals surface area contributed by atoms with Crippen molar-refractivity contribution in [2.24, 2.45) is 5.92 Å². The molecule has 1 fully saturated rings. The third kappa shape index (κ3) is 1.62. The molecule has 0 radical (unpaired) electrons. The summed E-state index contributed by atoms with van der Waals surface area (Å²) in [7, 11) is 0. The lowest BCUT2D eigenvalue weighted by Crippen LogP contribution is -2.02. The summed E-state index contributed by atoms with van der Waals surface area (Å²) < 4.78 is 2.19. The molecule has 0 bridgehead atoms. The Balaban J connectivity index is 1.93. The summed E-state index contributed by atoms with van der Waals surface area (Å²) >= 11 is 0. The van der Waals surface area contributed by atoms with E-state index in [1.807, 2.05) is 18.7 Å². The Bertz CT molecular complexity index is 211. The lowest BCUT2D eigenvalue weighted by molar-refractivity contribution is 0.476. The van der Waals surface area contributed by atoms with Crippen molar-refractivity contribution in [2.75, 3.05) is 0 Å². The summed E-state index contributed by atoms with van der Waals surface area (Å²) in [5.74, 6) is 1.01. The molecule has 0 saturated heterocycles. The second kappa shape index (κ2) is 2.68. The van der Waals surface area contributed by atoms with Gasteiger partial charge in [0.25, 0.3) is 0 Å². The van der Waals surface area contributed by atoms with Gasteiger partial charge in [0.15, 0.2) is 0 Å². The zero-order valence-corrected chi connectivity index (χ0v) is 6.90. The molecule has 0 amide bonds. The van der Waals surface area contributed by atoms with Crippen molar-refractivity contribution in [3.05, 3.63) is 18.7 Å². The fourth-order valence-corrected chi connectivity index (χ4v) is 1.49. The number of nitrogens with zero attached hydrogens (tertiary/aromatic N) is 2. The molecule has 1 unspecified atom stereocenters. The molecule has 0 aromatic carbocycles. The van der Waals surface area contributed by atoms with Crippen LogP contribution in [0.3, 0.4) is 0 Å². The topological polar surface area (TPSA) is 17.8 Å². The van der Waals surface area contributed by atoms with Crippen LogP contribution in [0.2, 0.25) is 0 Å². The standard InChI is InChI=1S/C9H14N2/c1-8(6-9-2-3-9)11-5-4-10-7-11/h4-5,7-9H,2-3,6H2,1H3. The van der Waals surface area contributed by atoms with E-state index in [2.05, 4.69) is 16.5 Å². The van der Waals surface area contributed by atoms with Crippen LogP contribution in [0.1, 0.15) is 32.2 Å². The molecule has 11 heavy (non-hydrogen) atoms. The monoisotopic (exact) mass is 150 g/mol. The van der Waals surface area contributed by atoms with Crippen molar-refractivity contribution in [1.29, 1.82) is 0 Å². The van der Waals surface area contributed by atoms with Gasteiger partial charge in [-0.3, -0.25) is 0 Å². The van der Waals surface area contributed by atoms with Crippen molar-refractivity contribution in [1.82, 2.24) is 9.55 Å². The van der Waals surface area contributed by atoms with Crippen molar-refractivity contribution in [3.63, 3.8) is 0 Å². The second-order valence-corrected chi connectivity index (χ2v) is 3.54. The average molecular weight is 150 g/mol. The lowest BCUT2D eigenvalue weighted by Gasteiger charge is -2.11. The number of rotatable bonds is 3. The van der Waals surface area contributed by atoms with E-state index in [1.165, 1.54) is 19.3 Å². The van der Waals surface area contributed by atoms with Crippen LogP contribution in [0.5, 0.6) is 0 Å². The Morgan fingerprint density at radius 2 is 2.45 bits per heavy atom. The summed E-state index contributed by atoms with van der Waals surface area (Å²) in [5.41, 5.74) is 0. The van der Waals surface area contributed by atoms with Gasteiger partial charge in [0.1, 0.15) is 0 Å². The lowest BCUT2D eigenvalue weighted by atomic mass is 10.1. The van der Waals surface area contributed by atoms with Crippen molar-refractivity contribution in [3.8, 4) is 0 Å². The number of imidazole rings is 1. The highest BCUT2D eigenvalue weighted by molar-refractivity contribution is 4.83. The molecule has 2 heteroatoms. The van der Waals surface area contributed by atoms with E-state index in [4.69, 9.17) is 0 Å². The van der Waals surface area contributed by atoms with E-state index in [9.17, 15) is 0 Å². The Labute approximate surface area is 67.3 Å². The number of hydrogen-bond donors (Lipinski definition) is 0. The van der Waals surface area contributed by atoms with Crippen LogP contribution >= 0.6 is 0 Å². The van der Waals surface area contributed by atoms with E-state index in [1.54, 1.807) is 0 Å². The first-order valence-corrected chi connectivity index (χ1v) is 4.33. The summed E-state index contributed by atoms with van der Waals surface area (Å²) in [4.78, 5) is 4.03. The van der Waals surface area contributed by atoms with E-state index in [0.29, 0.717) is 6.04 Å². The largest absolute Gasteiger partial charge is 0.335 e. The van der Waals surface area contributed by atoms with Crippen LogP contribution in [0, 0.1) is 5.92 Å². The highest BCUT2D eigenvalue weighted by Crippen LogP contribution is 2.36. The van der Waals surface area contributed by atoms with E-state index in [0.717, 1.165) is 5.92 Å². The van der Waals surface area contributed by atoms with Gasteiger partial charge in [-0.15, -0.1) is 0 Å². The van der Waals surface area contributed by atoms with Gasteiger partial charge in [-0.1, -0.05) is 12.8 Å². The molecule has 0 N–H and O–H groups in total. The zero-order chi connectivity index (χ0) is 7.68. The van der Waals surface area contributed by atoms with Gasteiger partial charge in [0.05, 0.1) is 6.33 Å². The smallest absolute Gasteiger partial charge is 0.0948 e. The van der Waals surface area contributed by atoms with Gasteiger partial charge < -0.3 is 4.57 Å². The normalized spacial score (nSPS) is 20.1. The Morgan fingerprint density at radius 1 is 1.64 bits per heavy atom. The molecule has 1 saturated carbocycles. The summed E-state index contributed by atoms with van der Waals surface area (Å²) in [6.45, 7) is 2.26. The van der Waals surface area contributed by atoms with Gasteiger partial charge >= 0.3 is 0 Å². The van der Waals surface area contributed by atoms with Gasteiger partial charge in [-0.25, -0.2) is 4.98 Å². The van der Waals surface area contributed by atoms with Crippen molar-refractivity contribution in [2.45, 2.75) is 32.2 Å². The number of hydrogen-bond acceptors (Lipinski definition) is 1. The first-order chi connectivity index (χ1) is 5.36. The van der Waals surface area contributed by atoms with E-state index >= 15 is 0 Å². The molecule has 1 atom stereocenters. The van der Waals surface area contributed by atoms with Gasteiger partial charge in [-0.2, -0.15) is 0 Å². The SMILES string of the molecule is CC(CC1CC1)n1ccnc1. The molecule has 0 aliphatic heterocycles. The maximum Gasteiger partial charge on any atom is 0.0948 e. The predicted molar refractivity (Wildman–Crippen MR) is 44.3 cm³/mol. The maximum absolute atomic E-state index is 4.03. The van der Waals surface area contributed by atoms with Crippen LogP contribution in [-0.2, 0) is 0 Å². The molecule has 2 nitrogen and oxygen atoms in total. The van der Waals surface area contributed by atoms with Gasteiger partial charge in [0.2, 0.25) is 0 Å². The molecule has 1 aromatic rings. The first-order valence-electron chi connectivity index (χ1n) is 4.33. The fraction of sp³-hybridized carbons (Fsp3) is 0.667. The van der Waals surface area contributed by atoms with Crippen molar-refractivity contribution < 1.29 is 0 Å². The van der Waals surface area contributed by atoms with E-state index in [-0.39, 0.29) is 0 Å². The quantitative estimate of drug-likeness (QED) is 0.646. The summed E-state index contributed by atoms with van der Waals surface area (Å²) in [6, 6.07) is 0.644. The average Bonchev–Trinajstić information content (AvgIpc) is 2.67. The van der Waals surface area contributed by atoms with Crippen molar-refractivity contribution >= 4 is 0 Å². The number of aromatic nitrogens is 2. The summed E-state index contributed by atoms with van der Waals surface area (Å²) in [6.07, 6.45) is 10.0. The molecule has 1 aromatic heterocycles. The molecule has 1 heterocycles. The minimum Gasteiger partial charge on any atom is -0.335 e. The second-order valence-electron chi connectivity index (χ2n) is 3.54. The van der Waals surface area contributed by atoms with E-state index < -0.39 is 0 Å². The molecular formula is C9H14N2. The highest BCUT2D eigenvalue weighted by Gasteiger charge is 2.23. The van der Waals surface area contributed by atoms with Crippen LogP contribution < -0.4 is 0 Å². The minimum atomic E-state index is 0.644. The predicted octanol–water partition coefficient (Wildman–Crippen LogP) is 2.24. The van der Waals surface area contributed by atoms with Gasteiger partial charge in [0, 0.05) is 18.4 Å². The van der Waals surface area contributed by atoms with Crippen LogP contribution in [0.4, 0.5) is 0 Å². The maximum atomic E-state index is 4.03. The molecular weight excluding hydrogens is 136 g/mol. The zero-order valence-electron chi connectivity index (χ0n) is 6.90. The Kier molecular flexibility index (Phi) is 1.68. The van der Waals surface area contributed by atoms with Gasteiger partial charge in [-0.05, 0) is 19.3 Å². The molecule has 0 spiro atoms. The molecule has 1 aliphatic rings. The minimum absolute atomic E-state index is 0.644. The molecule has 1 aliphatic carbocycles. The third-order valence-electron chi connectivity index (χ3n) is 2.41. The summed E-state index contributed by atoms with van der Waals surface area (Å²) in [5, 5.41) is 0. The third-order valence-corrected chi connectivity index (χ3v) is 2.41. The van der Waals surface area contributed by atoms with Crippen LogP contribution in [0.25, 0.3) is 0 Å². The first kappa shape index (κ1) is 6.89.